The molecule has 0 nitrogen and oxygen atoms in total. The molecule has 0 unspecified atom stereocenters. The van der Waals surface area contributed by atoms with Crippen molar-refractivity contribution in [3.05, 3.63) is 83.9 Å². The van der Waals surface area contributed by atoms with Gasteiger partial charge in [0.25, 0.3) is 0 Å². The van der Waals surface area contributed by atoms with Crippen LogP contribution in [0.25, 0.3) is 10.8 Å². The van der Waals surface area contributed by atoms with Gasteiger partial charge in [-0.1, -0.05) is 169 Å². The van der Waals surface area contributed by atoms with Crippen LogP contribution >= 0.6 is 9.16 Å². The summed E-state index contributed by atoms with van der Waals surface area (Å²) in [5.74, 6) is 2.76. The third-order valence-electron chi connectivity index (χ3n) is 8.88. The SMILES string of the molecule is C[SH](C)(C)(CCCCCCCCCCCCCCCCCCCc1ccc2ccccc2c1)Cc1ccccc1. The molecule has 3 aromatic carbocycles. The number of unbranched alkanes of at least 4 members (excludes halogenated alkanes) is 16. The van der Waals surface area contributed by atoms with Crippen molar-refractivity contribution in [3.8, 4) is 0 Å². The smallest absolute Gasteiger partial charge is 0.0108 e. The highest BCUT2D eigenvalue weighted by Crippen LogP contribution is 2.62. The molecular weight excluding hydrogens is 500 g/mol. The molecule has 0 aromatic heterocycles. The predicted molar refractivity (Wildman–Crippen MR) is 188 cm³/mol. The molecule has 0 fully saturated rings. The summed E-state index contributed by atoms with van der Waals surface area (Å²) in [5.41, 5.74) is 3.04. The van der Waals surface area contributed by atoms with Gasteiger partial charge in [0.2, 0.25) is 0 Å². The van der Waals surface area contributed by atoms with Crippen molar-refractivity contribution in [2.45, 2.75) is 121 Å². The van der Waals surface area contributed by atoms with Crippen LogP contribution in [0.4, 0.5) is 0 Å². The maximum Gasteiger partial charge on any atom is -0.0108 e. The lowest BCUT2D eigenvalue weighted by Gasteiger charge is -2.52. The summed E-state index contributed by atoms with van der Waals surface area (Å²) >= 11 is 0. The Morgan fingerprint density at radius 1 is 0.400 bits per heavy atom. The van der Waals surface area contributed by atoms with Crippen LogP contribution in [-0.4, -0.2) is 24.5 Å². The number of benzene rings is 3. The Bertz CT molecular complexity index is 1060. The lowest BCUT2D eigenvalue weighted by Crippen LogP contribution is -2.20. The molecular formula is C39H62S. The number of hydrogen-bond acceptors (Lipinski definition) is 0. The summed E-state index contributed by atoms with van der Waals surface area (Å²) in [6, 6.07) is 26.9. The van der Waals surface area contributed by atoms with Crippen LogP contribution in [0.1, 0.15) is 120 Å². The molecule has 3 aromatic rings. The fraction of sp³-hybridized carbons (Fsp3) is 0.590. The van der Waals surface area contributed by atoms with Gasteiger partial charge in [-0.2, -0.15) is 0 Å². The van der Waals surface area contributed by atoms with Gasteiger partial charge in [0.15, 0.2) is 0 Å². The van der Waals surface area contributed by atoms with Crippen molar-refractivity contribution in [3.63, 3.8) is 0 Å². The van der Waals surface area contributed by atoms with E-state index in [1.165, 1.54) is 149 Å². The molecule has 0 saturated heterocycles. The van der Waals surface area contributed by atoms with Crippen molar-refractivity contribution in [2.24, 2.45) is 0 Å². The van der Waals surface area contributed by atoms with E-state index in [9.17, 15) is 0 Å². The highest BCUT2D eigenvalue weighted by Gasteiger charge is 2.25. The topological polar surface area (TPSA) is 0 Å². The van der Waals surface area contributed by atoms with Crippen LogP contribution in [0.15, 0.2) is 72.8 Å². The Kier molecular flexibility index (Phi) is 14.7. The highest BCUT2D eigenvalue weighted by molar-refractivity contribution is 8.47. The van der Waals surface area contributed by atoms with E-state index in [4.69, 9.17) is 0 Å². The summed E-state index contributed by atoms with van der Waals surface area (Å²) < 4.78 is 0. The molecule has 0 bridgehead atoms. The van der Waals surface area contributed by atoms with Gasteiger partial charge in [0, 0.05) is 0 Å². The number of thiol groups is 1. The van der Waals surface area contributed by atoms with E-state index in [0.29, 0.717) is 0 Å². The second-order valence-electron chi connectivity index (χ2n) is 14.3. The van der Waals surface area contributed by atoms with E-state index >= 15 is 0 Å². The van der Waals surface area contributed by atoms with Gasteiger partial charge in [-0.3, -0.25) is 9.16 Å². The van der Waals surface area contributed by atoms with E-state index in [2.05, 4.69) is 91.6 Å². The Balaban J connectivity index is 1.04. The van der Waals surface area contributed by atoms with Crippen molar-refractivity contribution < 1.29 is 0 Å². The third-order valence-corrected chi connectivity index (χ3v) is 12.4. The summed E-state index contributed by atoms with van der Waals surface area (Å²) in [5, 5.41) is 2.74. The molecule has 0 radical (unpaired) electrons. The quantitative estimate of drug-likeness (QED) is 0.0913. The lowest BCUT2D eigenvalue weighted by molar-refractivity contribution is 0.527. The summed E-state index contributed by atoms with van der Waals surface area (Å²) in [7, 11) is -1.55. The molecule has 0 saturated carbocycles. The number of hydrogen-bond donors (Lipinski definition) is 1. The molecule has 40 heavy (non-hydrogen) atoms. The molecule has 0 aliphatic heterocycles. The first-order valence-corrected chi connectivity index (χ1v) is 20.9. The van der Waals surface area contributed by atoms with Crippen LogP contribution in [0.5, 0.6) is 0 Å². The minimum atomic E-state index is -1.55. The molecule has 1 heteroatoms. The van der Waals surface area contributed by atoms with Gasteiger partial charge in [0.05, 0.1) is 0 Å². The van der Waals surface area contributed by atoms with Crippen LogP contribution in [0.2, 0.25) is 0 Å². The largest absolute Gasteiger partial charge is 0.286 e. The first kappa shape index (κ1) is 32.8. The fourth-order valence-electron chi connectivity index (χ4n) is 6.41. The standard InChI is InChI=1S/C39H62S/c1-40(2,3,35-37-27-21-19-22-28-37)33-25-18-16-14-12-10-8-6-4-5-7-9-11-13-15-17-20-26-36-31-32-38-29-23-24-30-39(38)34-36/h19,21-24,27-32,34,40H,4-18,20,25-26,33,35H2,1-3H3. The zero-order valence-electron chi connectivity index (χ0n) is 26.5. The molecule has 0 N–H and O–H groups in total. The van der Waals surface area contributed by atoms with Gasteiger partial charge in [-0.05, 0) is 71.4 Å². The third kappa shape index (κ3) is 14.2. The Morgan fingerprint density at radius 3 is 1.40 bits per heavy atom. The summed E-state index contributed by atoms with van der Waals surface area (Å²) in [6.45, 7) is 0. The van der Waals surface area contributed by atoms with Crippen LogP contribution in [0.3, 0.4) is 0 Å². The second kappa shape index (κ2) is 17.9. The van der Waals surface area contributed by atoms with Gasteiger partial charge in [-0.15, -0.1) is 0 Å². The second-order valence-corrected chi connectivity index (χ2v) is 22.0. The van der Waals surface area contributed by atoms with Crippen LogP contribution in [-0.2, 0) is 12.2 Å². The van der Waals surface area contributed by atoms with Gasteiger partial charge >= 0.3 is 0 Å². The number of fused-ring (bicyclic) bond motifs is 1. The average molecular weight is 563 g/mol. The maximum atomic E-state index is 2.59. The first-order chi connectivity index (χ1) is 19.4. The Morgan fingerprint density at radius 2 is 0.850 bits per heavy atom. The molecule has 224 valence electrons. The van der Waals surface area contributed by atoms with Crippen LogP contribution < -0.4 is 0 Å². The monoisotopic (exact) mass is 562 g/mol. The molecule has 0 aliphatic carbocycles. The molecule has 3 rings (SSSR count). The zero-order valence-corrected chi connectivity index (χ0v) is 27.4. The molecule has 0 aliphatic rings. The molecule has 0 spiro atoms. The minimum absolute atomic E-state index is 1.23. The van der Waals surface area contributed by atoms with E-state index in [-0.39, 0.29) is 0 Å². The van der Waals surface area contributed by atoms with Crippen LogP contribution in [0, 0.1) is 0 Å². The predicted octanol–water partition coefficient (Wildman–Crippen LogP) is 12.2. The Labute approximate surface area is 249 Å². The minimum Gasteiger partial charge on any atom is -0.286 e. The van der Waals surface area contributed by atoms with E-state index in [1.54, 1.807) is 0 Å². The molecule has 0 atom stereocenters. The number of aryl methyl sites for hydroxylation is 1. The van der Waals surface area contributed by atoms with Gasteiger partial charge in [0.1, 0.15) is 0 Å². The molecule has 0 amide bonds. The first-order valence-electron chi connectivity index (χ1n) is 16.9. The van der Waals surface area contributed by atoms with Gasteiger partial charge in [-0.25, -0.2) is 0 Å². The molecule has 0 heterocycles. The van der Waals surface area contributed by atoms with Crippen molar-refractivity contribution in [1.29, 1.82) is 0 Å². The van der Waals surface area contributed by atoms with Crippen molar-refractivity contribution >= 4 is 19.9 Å². The Hall–Kier alpha value is -1.73. The fourth-order valence-corrected chi connectivity index (χ4v) is 9.53. The highest BCUT2D eigenvalue weighted by atomic mass is 32.3. The van der Waals surface area contributed by atoms with E-state index in [1.807, 2.05) is 0 Å². The normalized spacial score (nSPS) is 12.9. The van der Waals surface area contributed by atoms with Crippen molar-refractivity contribution in [1.82, 2.24) is 0 Å². The zero-order chi connectivity index (χ0) is 28.4. The van der Waals surface area contributed by atoms with Crippen molar-refractivity contribution in [2.75, 3.05) is 24.5 Å². The van der Waals surface area contributed by atoms with Gasteiger partial charge < -0.3 is 0 Å². The van der Waals surface area contributed by atoms with E-state index < -0.39 is 9.16 Å². The van der Waals surface area contributed by atoms with E-state index in [0.717, 1.165) is 0 Å². The number of rotatable bonds is 22. The summed E-state index contributed by atoms with van der Waals surface area (Å²) in [6.07, 6.45) is 33.5. The average Bonchev–Trinajstić information content (AvgIpc) is 2.94. The lowest BCUT2D eigenvalue weighted by atomic mass is 10.0. The maximum absolute atomic E-state index is 2.59. The summed E-state index contributed by atoms with van der Waals surface area (Å²) in [4.78, 5) is 0.